The quantitative estimate of drug-likeness (QED) is 0.922. The van der Waals surface area contributed by atoms with Gasteiger partial charge in [0.05, 0.1) is 19.3 Å². The lowest BCUT2D eigenvalue weighted by Crippen LogP contribution is -2.12. The average Bonchev–Trinajstić information content (AvgIpc) is 2.68. The Morgan fingerprint density at radius 1 is 1.05 bits per heavy atom. The fourth-order valence-electron chi connectivity index (χ4n) is 2.35. The summed E-state index contributed by atoms with van der Waals surface area (Å²) in [5, 5.41) is 0. The van der Waals surface area contributed by atoms with Crippen LogP contribution in [0.15, 0.2) is 42.5 Å². The van der Waals surface area contributed by atoms with E-state index in [2.05, 4.69) is 6.92 Å². The number of ether oxygens (including phenoxy) is 2. The maximum Gasteiger partial charge on any atom is 0.161 e. The van der Waals surface area contributed by atoms with E-state index in [1.165, 1.54) is 12.1 Å². The third-order valence-electron chi connectivity index (χ3n) is 3.58. The summed E-state index contributed by atoms with van der Waals surface area (Å²) >= 11 is 0. The molecule has 3 rings (SSSR count). The van der Waals surface area contributed by atoms with Crippen molar-refractivity contribution in [1.82, 2.24) is 0 Å². The Kier molecular flexibility index (Phi) is 3.80. The zero-order valence-corrected chi connectivity index (χ0v) is 11.9. The fraction of sp³-hybridized carbons (Fsp3) is 0.294. The Labute approximate surface area is 123 Å². The highest BCUT2D eigenvalue weighted by atomic mass is 19.1. The summed E-state index contributed by atoms with van der Waals surface area (Å²) in [4.78, 5) is 0. The van der Waals surface area contributed by atoms with Gasteiger partial charge in [-0.25, -0.2) is 4.39 Å². The lowest BCUT2D eigenvalue weighted by Gasteiger charge is -2.15. The van der Waals surface area contributed by atoms with Crippen molar-refractivity contribution >= 4 is 0 Å². The van der Waals surface area contributed by atoms with E-state index in [1.54, 1.807) is 6.07 Å². The highest BCUT2D eigenvalue weighted by Crippen LogP contribution is 2.34. The number of hydrogen-bond donors (Lipinski definition) is 1. The molecule has 1 aliphatic rings. The number of fused-ring (bicyclic) bond motifs is 1. The maximum absolute atomic E-state index is 13.3. The standard InChI is InChI=1S/C17H18FNO2/c1-11-9-20-15-6-5-13(8-16(15)21-10-11)17(19)12-3-2-4-14(18)7-12/h2-8,11,17H,9-10,19H2,1H3. The van der Waals surface area contributed by atoms with Crippen LogP contribution in [0.25, 0.3) is 0 Å². The first kappa shape index (κ1) is 13.9. The second kappa shape index (κ2) is 5.74. The van der Waals surface area contributed by atoms with Crippen molar-refractivity contribution in [1.29, 1.82) is 0 Å². The Morgan fingerprint density at radius 2 is 1.76 bits per heavy atom. The van der Waals surface area contributed by atoms with Gasteiger partial charge in [-0.3, -0.25) is 0 Å². The van der Waals surface area contributed by atoms with Crippen LogP contribution in [0.5, 0.6) is 11.5 Å². The molecule has 1 heterocycles. The molecule has 2 N–H and O–H groups in total. The van der Waals surface area contributed by atoms with Gasteiger partial charge in [0.2, 0.25) is 0 Å². The number of rotatable bonds is 2. The Morgan fingerprint density at radius 3 is 2.52 bits per heavy atom. The molecule has 0 saturated heterocycles. The van der Waals surface area contributed by atoms with Crippen LogP contribution in [0.2, 0.25) is 0 Å². The van der Waals surface area contributed by atoms with Gasteiger partial charge in [-0.05, 0) is 35.4 Å². The van der Waals surface area contributed by atoms with Crippen LogP contribution in [0.1, 0.15) is 24.1 Å². The minimum absolute atomic E-state index is 0.286. The van der Waals surface area contributed by atoms with Crippen LogP contribution in [0, 0.1) is 11.7 Å². The zero-order chi connectivity index (χ0) is 14.8. The largest absolute Gasteiger partial charge is 0.489 e. The Bertz CT molecular complexity index is 644. The number of benzene rings is 2. The van der Waals surface area contributed by atoms with E-state index >= 15 is 0 Å². The monoisotopic (exact) mass is 287 g/mol. The van der Waals surface area contributed by atoms with Gasteiger partial charge in [-0.1, -0.05) is 25.1 Å². The SMILES string of the molecule is CC1COc2ccc(C(N)c3cccc(F)c3)cc2OC1. The van der Waals surface area contributed by atoms with E-state index in [1.807, 2.05) is 24.3 Å². The van der Waals surface area contributed by atoms with E-state index in [0.717, 1.165) is 16.9 Å². The van der Waals surface area contributed by atoms with Gasteiger partial charge in [-0.2, -0.15) is 0 Å². The molecule has 0 radical (unpaired) electrons. The van der Waals surface area contributed by atoms with Crippen molar-refractivity contribution < 1.29 is 13.9 Å². The second-order valence-electron chi connectivity index (χ2n) is 5.47. The Balaban J connectivity index is 1.90. The summed E-state index contributed by atoms with van der Waals surface area (Å²) in [5.41, 5.74) is 7.83. The van der Waals surface area contributed by atoms with Gasteiger partial charge in [-0.15, -0.1) is 0 Å². The molecule has 0 fully saturated rings. The molecule has 2 aromatic carbocycles. The van der Waals surface area contributed by atoms with Crippen molar-refractivity contribution in [2.75, 3.05) is 13.2 Å². The summed E-state index contributed by atoms with van der Waals surface area (Å²) in [6.45, 7) is 3.33. The summed E-state index contributed by atoms with van der Waals surface area (Å²) < 4.78 is 24.8. The average molecular weight is 287 g/mol. The molecule has 2 atom stereocenters. The molecule has 0 spiro atoms. The van der Waals surface area contributed by atoms with Gasteiger partial charge >= 0.3 is 0 Å². The van der Waals surface area contributed by atoms with Gasteiger partial charge in [0, 0.05) is 5.92 Å². The predicted molar refractivity (Wildman–Crippen MR) is 79.0 cm³/mol. The third kappa shape index (κ3) is 3.00. The van der Waals surface area contributed by atoms with E-state index in [0.29, 0.717) is 24.9 Å². The van der Waals surface area contributed by atoms with Gasteiger partial charge < -0.3 is 15.2 Å². The molecule has 0 aromatic heterocycles. The molecular formula is C17H18FNO2. The maximum atomic E-state index is 13.3. The highest BCUT2D eigenvalue weighted by molar-refractivity contribution is 5.46. The van der Waals surface area contributed by atoms with E-state index in [-0.39, 0.29) is 5.82 Å². The lowest BCUT2D eigenvalue weighted by molar-refractivity contribution is 0.228. The zero-order valence-electron chi connectivity index (χ0n) is 11.9. The van der Waals surface area contributed by atoms with Crippen molar-refractivity contribution in [2.24, 2.45) is 11.7 Å². The molecule has 0 saturated carbocycles. The van der Waals surface area contributed by atoms with Crippen LogP contribution in [-0.2, 0) is 0 Å². The molecule has 3 nitrogen and oxygen atoms in total. The molecule has 0 amide bonds. The van der Waals surface area contributed by atoms with E-state index < -0.39 is 6.04 Å². The van der Waals surface area contributed by atoms with E-state index in [4.69, 9.17) is 15.2 Å². The summed E-state index contributed by atoms with van der Waals surface area (Å²) in [7, 11) is 0. The van der Waals surface area contributed by atoms with Crippen LogP contribution < -0.4 is 15.2 Å². The molecule has 0 bridgehead atoms. The summed E-state index contributed by atoms with van der Waals surface area (Å²) in [5.74, 6) is 1.49. The fourth-order valence-corrected chi connectivity index (χ4v) is 2.35. The number of nitrogens with two attached hydrogens (primary N) is 1. The van der Waals surface area contributed by atoms with Crippen LogP contribution in [0.4, 0.5) is 4.39 Å². The molecule has 1 aliphatic heterocycles. The molecule has 2 aromatic rings. The van der Waals surface area contributed by atoms with Crippen molar-refractivity contribution in [3.05, 3.63) is 59.4 Å². The summed E-state index contributed by atoms with van der Waals surface area (Å²) in [6.07, 6.45) is 0. The summed E-state index contributed by atoms with van der Waals surface area (Å²) in [6, 6.07) is 11.6. The minimum Gasteiger partial charge on any atom is -0.489 e. The molecule has 21 heavy (non-hydrogen) atoms. The minimum atomic E-state index is -0.393. The van der Waals surface area contributed by atoms with Crippen molar-refractivity contribution in [2.45, 2.75) is 13.0 Å². The highest BCUT2D eigenvalue weighted by Gasteiger charge is 2.17. The first-order chi connectivity index (χ1) is 10.1. The number of halogens is 1. The normalized spacial score (nSPS) is 18.9. The van der Waals surface area contributed by atoms with Crippen molar-refractivity contribution in [3.63, 3.8) is 0 Å². The van der Waals surface area contributed by atoms with Crippen LogP contribution in [-0.4, -0.2) is 13.2 Å². The van der Waals surface area contributed by atoms with Gasteiger partial charge in [0.15, 0.2) is 11.5 Å². The predicted octanol–water partition coefficient (Wildman–Crippen LogP) is 3.28. The first-order valence-electron chi connectivity index (χ1n) is 7.04. The first-order valence-corrected chi connectivity index (χ1v) is 7.04. The van der Waals surface area contributed by atoms with Gasteiger partial charge in [0.25, 0.3) is 0 Å². The smallest absolute Gasteiger partial charge is 0.161 e. The molecule has 110 valence electrons. The Hall–Kier alpha value is -2.07. The van der Waals surface area contributed by atoms with Crippen molar-refractivity contribution in [3.8, 4) is 11.5 Å². The lowest BCUT2D eigenvalue weighted by atomic mass is 9.99. The van der Waals surface area contributed by atoms with Gasteiger partial charge in [0.1, 0.15) is 5.82 Å². The second-order valence-corrected chi connectivity index (χ2v) is 5.47. The number of hydrogen-bond acceptors (Lipinski definition) is 3. The molecule has 4 heteroatoms. The van der Waals surface area contributed by atoms with Crippen LogP contribution in [0.3, 0.4) is 0 Å². The molecular weight excluding hydrogens is 269 g/mol. The molecule has 2 unspecified atom stereocenters. The third-order valence-corrected chi connectivity index (χ3v) is 3.58. The van der Waals surface area contributed by atoms with E-state index in [9.17, 15) is 4.39 Å². The van der Waals surface area contributed by atoms with Crippen LogP contribution >= 0.6 is 0 Å². The topological polar surface area (TPSA) is 44.5 Å². The molecule has 0 aliphatic carbocycles.